The molecule has 2 saturated heterocycles. The highest BCUT2D eigenvalue weighted by Crippen LogP contribution is 2.52. The van der Waals surface area contributed by atoms with Gasteiger partial charge in [-0.2, -0.15) is 0 Å². The van der Waals surface area contributed by atoms with Crippen LogP contribution in [0.25, 0.3) is 0 Å². The summed E-state index contributed by atoms with van der Waals surface area (Å²) < 4.78 is 22.1. The molecule has 9 heteroatoms. The quantitative estimate of drug-likeness (QED) is 0.372. The summed E-state index contributed by atoms with van der Waals surface area (Å²) >= 11 is 1.39. The smallest absolute Gasteiger partial charge is 0.324 e. The van der Waals surface area contributed by atoms with Crippen LogP contribution in [0.4, 0.5) is 10.8 Å². The van der Waals surface area contributed by atoms with Crippen molar-refractivity contribution in [3.05, 3.63) is 35.3 Å². The Kier molecular flexibility index (Phi) is 5.90. The molecular formula is C22H26N2O6S. The number of benzene rings is 1. The third-order valence-corrected chi connectivity index (χ3v) is 6.39. The van der Waals surface area contributed by atoms with E-state index in [0.717, 1.165) is 12.1 Å². The van der Waals surface area contributed by atoms with Crippen molar-refractivity contribution in [3.63, 3.8) is 0 Å². The van der Waals surface area contributed by atoms with Gasteiger partial charge >= 0.3 is 11.9 Å². The van der Waals surface area contributed by atoms with E-state index in [2.05, 4.69) is 10.3 Å². The molecule has 166 valence electrons. The Morgan fingerprint density at radius 1 is 1.29 bits per heavy atom. The molecule has 1 N–H and O–H groups in total. The molecule has 0 aliphatic carbocycles. The zero-order valence-corrected chi connectivity index (χ0v) is 18.6. The monoisotopic (exact) mass is 446 g/mol. The molecule has 3 atom stereocenters. The van der Waals surface area contributed by atoms with Gasteiger partial charge in [-0.05, 0) is 25.5 Å². The van der Waals surface area contributed by atoms with Crippen LogP contribution in [0.1, 0.15) is 38.8 Å². The van der Waals surface area contributed by atoms with Crippen molar-refractivity contribution >= 4 is 34.1 Å². The minimum atomic E-state index is -1.30. The molecule has 0 radical (unpaired) electrons. The second kappa shape index (κ2) is 8.47. The second-order valence-corrected chi connectivity index (χ2v) is 8.91. The predicted molar refractivity (Wildman–Crippen MR) is 114 cm³/mol. The van der Waals surface area contributed by atoms with Crippen molar-refractivity contribution < 1.29 is 28.5 Å². The maximum absolute atomic E-state index is 12.8. The largest absolute Gasteiger partial charge is 0.495 e. The van der Waals surface area contributed by atoms with Crippen LogP contribution >= 0.6 is 11.3 Å². The number of nitrogens with zero attached hydrogens (tertiary/aromatic N) is 1. The first kappa shape index (κ1) is 21.6. The number of thiazole rings is 1. The SMILES string of the molecule is CCCOCC1CC2(CC(C)(c3csc(Nc4ccccc4OC)n3)OC2=O)C(=O)O1. The lowest BCUT2D eigenvalue weighted by molar-refractivity contribution is -0.160. The molecule has 2 aliphatic rings. The van der Waals surface area contributed by atoms with Gasteiger partial charge in [0.2, 0.25) is 0 Å². The number of ether oxygens (including phenoxy) is 4. The average molecular weight is 447 g/mol. The molecule has 0 amide bonds. The zero-order valence-electron chi connectivity index (χ0n) is 17.8. The molecule has 1 aromatic carbocycles. The number of cyclic esters (lactones) is 2. The van der Waals surface area contributed by atoms with E-state index in [1.54, 1.807) is 14.0 Å². The van der Waals surface area contributed by atoms with Gasteiger partial charge in [0.1, 0.15) is 11.9 Å². The Hall–Kier alpha value is -2.65. The van der Waals surface area contributed by atoms with Gasteiger partial charge < -0.3 is 24.3 Å². The molecule has 8 nitrogen and oxygen atoms in total. The lowest BCUT2D eigenvalue weighted by Gasteiger charge is -2.20. The van der Waals surface area contributed by atoms with E-state index in [1.165, 1.54) is 11.3 Å². The van der Waals surface area contributed by atoms with Crippen LogP contribution in [-0.4, -0.2) is 43.4 Å². The van der Waals surface area contributed by atoms with E-state index >= 15 is 0 Å². The molecule has 2 fully saturated rings. The number of nitrogens with one attached hydrogen (secondary N) is 1. The molecule has 0 saturated carbocycles. The van der Waals surface area contributed by atoms with Gasteiger partial charge in [-0.1, -0.05) is 19.1 Å². The van der Waals surface area contributed by atoms with Crippen LogP contribution in [0.5, 0.6) is 5.75 Å². The van der Waals surface area contributed by atoms with E-state index in [9.17, 15) is 9.59 Å². The number of esters is 2. The van der Waals surface area contributed by atoms with Gasteiger partial charge in [0, 0.05) is 24.8 Å². The fourth-order valence-corrected chi connectivity index (χ4v) is 4.95. The van der Waals surface area contributed by atoms with Gasteiger partial charge in [-0.3, -0.25) is 9.59 Å². The first-order chi connectivity index (χ1) is 14.9. The summed E-state index contributed by atoms with van der Waals surface area (Å²) in [4.78, 5) is 30.1. The lowest BCUT2D eigenvalue weighted by Crippen LogP contribution is -2.32. The fourth-order valence-electron chi connectivity index (χ4n) is 4.11. The third kappa shape index (κ3) is 3.99. The van der Waals surface area contributed by atoms with E-state index in [4.69, 9.17) is 18.9 Å². The molecule has 0 bridgehead atoms. The van der Waals surface area contributed by atoms with Crippen molar-refractivity contribution in [2.24, 2.45) is 5.41 Å². The average Bonchev–Trinajstić information content (AvgIpc) is 3.41. The van der Waals surface area contributed by atoms with Gasteiger partial charge in [-0.15, -0.1) is 11.3 Å². The minimum Gasteiger partial charge on any atom is -0.495 e. The summed E-state index contributed by atoms with van der Waals surface area (Å²) in [6, 6.07) is 7.53. The zero-order chi connectivity index (χ0) is 22.1. The maximum Gasteiger partial charge on any atom is 0.324 e. The molecule has 2 aromatic rings. The first-order valence-corrected chi connectivity index (χ1v) is 11.2. The maximum atomic E-state index is 12.8. The molecule has 3 heterocycles. The summed E-state index contributed by atoms with van der Waals surface area (Å²) in [5, 5.41) is 5.71. The number of hydrogen-bond acceptors (Lipinski definition) is 9. The van der Waals surface area contributed by atoms with E-state index in [1.807, 2.05) is 36.6 Å². The fraction of sp³-hybridized carbons (Fsp3) is 0.500. The molecule has 1 spiro atoms. The molecular weight excluding hydrogens is 420 g/mol. The Balaban J connectivity index is 1.50. The number of aromatic nitrogens is 1. The normalized spacial score (nSPS) is 27.4. The lowest BCUT2D eigenvalue weighted by atomic mass is 9.78. The van der Waals surface area contributed by atoms with Crippen LogP contribution in [-0.2, 0) is 29.4 Å². The minimum absolute atomic E-state index is 0.194. The number of anilines is 2. The van der Waals surface area contributed by atoms with Crippen LogP contribution in [0.2, 0.25) is 0 Å². The van der Waals surface area contributed by atoms with E-state index in [0.29, 0.717) is 23.2 Å². The number of rotatable bonds is 8. The summed E-state index contributed by atoms with van der Waals surface area (Å²) in [5.41, 5.74) is -0.926. The highest BCUT2D eigenvalue weighted by atomic mass is 32.1. The van der Waals surface area contributed by atoms with Gasteiger partial charge in [0.15, 0.2) is 16.1 Å². The van der Waals surface area contributed by atoms with Crippen LogP contribution in [0.15, 0.2) is 29.6 Å². The number of carbonyl (C=O) groups excluding carboxylic acids is 2. The van der Waals surface area contributed by atoms with Gasteiger partial charge in [0.25, 0.3) is 0 Å². The number of methoxy groups -OCH3 is 1. The van der Waals surface area contributed by atoms with Crippen molar-refractivity contribution in [2.45, 2.75) is 44.8 Å². The number of para-hydroxylation sites is 2. The molecule has 1 aromatic heterocycles. The number of carbonyl (C=O) groups is 2. The predicted octanol–water partition coefficient (Wildman–Crippen LogP) is 3.79. The second-order valence-electron chi connectivity index (χ2n) is 8.05. The third-order valence-electron chi connectivity index (χ3n) is 5.64. The highest BCUT2D eigenvalue weighted by molar-refractivity contribution is 7.13. The molecule has 4 rings (SSSR count). The van der Waals surface area contributed by atoms with Gasteiger partial charge in [-0.25, -0.2) is 4.98 Å². The Labute approximate surface area is 184 Å². The van der Waals surface area contributed by atoms with Crippen molar-refractivity contribution in [3.8, 4) is 5.75 Å². The van der Waals surface area contributed by atoms with Crippen LogP contribution in [0.3, 0.4) is 0 Å². The Bertz CT molecular complexity index is 978. The molecule has 2 aliphatic heterocycles. The Morgan fingerprint density at radius 3 is 2.87 bits per heavy atom. The first-order valence-electron chi connectivity index (χ1n) is 10.3. The van der Waals surface area contributed by atoms with Crippen molar-refractivity contribution in [1.82, 2.24) is 4.98 Å². The summed E-state index contributed by atoms with van der Waals surface area (Å²) in [7, 11) is 1.60. The summed E-state index contributed by atoms with van der Waals surface area (Å²) in [6.07, 6.45) is 0.897. The van der Waals surface area contributed by atoms with Crippen LogP contribution < -0.4 is 10.1 Å². The topological polar surface area (TPSA) is 96.0 Å². The van der Waals surface area contributed by atoms with Crippen molar-refractivity contribution in [2.75, 3.05) is 25.6 Å². The summed E-state index contributed by atoms with van der Waals surface area (Å²) in [6.45, 7) is 4.67. The standard InChI is InChI=1S/C22H26N2O6S/c1-4-9-28-11-14-10-22(18(25)29-14)13-21(2,30-19(22)26)17-12-31-20(24-17)23-15-7-5-6-8-16(15)27-3/h5-8,12,14H,4,9-11,13H2,1-3H3,(H,23,24). The number of hydrogen-bond donors (Lipinski definition) is 1. The van der Waals surface area contributed by atoms with E-state index in [-0.39, 0.29) is 19.4 Å². The van der Waals surface area contributed by atoms with E-state index < -0.39 is 29.1 Å². The molecule has 3 unspecified atom stereocenters. The van der Waals surface area contributed by atoms with Gasteiger partial charge in [0.05, 0.1) is 25.1 Å². The van der Waals surface area contributed by atoms with Crippen molar-refractivity contribution in [1.29, 1.82) is 0 Å². The Morgan fingerprint density at radius 2 is 2.10 bits per heavy atom. The summed E-state index contributed by atoms with van der Waals surface area (Å²) in [5.74, 6) is -0.388. The van der Waals surface area contributed by atoms with Crippen LogP contribution in [0, 0.1) is 5.41 Å². The molecule has 31 heavy (non-hydrogen) atoms. The highest BCUT2D eigenvalue weighted by Gasteiger charge is 2.65.